The first-order chi connectivity index (χ1) is 19.3. The van der Waals surface area contributed by atoms with Crippen LogP contribution in [0.25, 0.3) is 6.08 Å². The summed E-state index contributed by atoms with van der Waals surface area (Å²) in [6.07, 6.45) is 8.19. The van der Waals surface area contributed by atoms with Crippen molar-refractivity contribution in [3.8, 4) is 5.75 Å². The fourth-order valence-corrected chi connectivity index (χ4v) is 7.83. The summed E-state index contributed by atoms with van der Waals surface area (Å²) in [6, 6.07) is 24.4. The number of carbonyl (C=O) groups excluding carboxylic acids is 1. The van der Waals surface area contributed by atoms with Gasteiger partial charge >= 0.3 is 0 Å². The Balaban J connectivity index is 1.27. The Labute approximate surface area is 237 Å². The molecule has 3 aromatic rings. The molecule has 208 valence electrons. The molecular formula is C35H40N2O3. The van der Waals surface area contributed by atoms with Crippen LogP contribution >= 0.6 is 0 Å². The van der Waals surface area contributed by atoms with E-state index in [9.17, 15) is 15.0 Å². The first kappa shape index (κ1) is 26.8. The summed E-state index contributed by atoms with van der Waals surface area (Å²) in [6.45, 7) is 3.85. The smallest absolute Gasteiger partial charge is 0.246 e. The first-order valence-electron chi connectivity index (χ1n) is 14.6. The van der Waals surface area contributed by atoms with Crippen molar-refractivity contribution in [2.45, 2.75) is 68.5 Å². The van der Waals surface area contributed by atoms with E-state index in [2.05, 4.69) is 35.2 Å². The fraction of sp³-hybridized carbons (Fsp3) is 0.400. The van der Waals surface area contributed by atoms with E-state index in [-0.39, 0.29) is 23.7 Å². The predicted molar refractivity (Wildman–Crippen MR) is 159 cm³/mol. The molecule has 2 N–H and O–H groups in total. The zero-order valence-electron chi connectivity index (χ0n) is 23.6. The number of phenols is 1. The number of likely N-dealkylation sites (tertiary alicyclic amines) is 1. The van der Waals surface area contributed by atoms with Gasteiger partial charge in [0.05, 0.1) is 5.60 Å². The molecule has 1 aliphatic heterocycles. The molecule has 40 heavy (non-hydrogen) atoms. The van der Waals surface area contributed by atoms with Crippen LogP contribution in [0.2, 0.25) is 0 Å². The van der Waals surface area contributed by atoms with Crippen molar-refractivity contribution < 1.29 is 15.0 Å². The van der Waals surface area contributed by atoms with Crippen LogP contribution in [-0.4, -0.2) is 63.7 Å². The Kier molecular flexibility index (Phi) is 7.05. The van der Waals surface area contributed by atoms with E-state index in [1.165, 1.54) is 11.1 Å². The molecule has 3 aliphatic rings. The summed E-state index contributed by atoms with van der Waals surface area (Å²) < 4.78 is 0. The van der Waals surface area contributed by atoms with Gasteiger partial charge in [0, 0.05) is 37.2 Å². The molecular weight excluding hydrogens is 496 g/mol. The number of benzene rings is 3. The molecule has 2 aliphatic carbocycles. The van der Waals surface area contributed by atoms with Crippen LogP contribution in [0.5, 0.6) is 5.75 Å². The fourth-order valence-electron chi connectivity index (χ4n) is 7.83. The van der Waals surface area contributed by atoms with Crippen LogP contribution in [0.1, 0.15) is 53.5 Å². The number of rotatable bonds is 6. The number of amides is 1. The van der Waals surface area contributed by atoms with E-state index in [4.69, 9.17) is 0 Å². The monoisotopic (exact) mass is 536 g/mol. The second-order valence-electron chi connectivity index (χ2n) is 12.2. The molecule has 0 radical (unpaired) electrons. The Bertz CT molecular complexity index is 1420. The number of nitrogens with zero attached hydrogens (tertiary/aromatic N) is 2. The topological polar surface area (TPSA) is 64.0 Å². The molecule has 5 heteroatoms. The average Bonchev–Trinajstić information content (AvgIpc) is 2.96. The highest BCUT2D eigenvalue weighted by atomic mass is 16.3. The SMILES string of the molecule is Cc1cccc(/C=C/C(=O)N(C)C2CC[C@@]3(O)[C@H]4Cc5ccc(O)cc5[C@@]3(CCN4CCc3ccccc3)C2)c1. The Morgan fingerprint density at radius 2 is 1.90 bits per heavy atom. The molecule has 1 saturated carbocycles. The van der Waals surface area contributed by atoms with Gasteiger partial charge in [0.2, 0.25) is 5.91 Å². The van der Waals surface area contributed by atoms with E-state index in [1.54, 1.807) is 12.1 Å². The van der Waals surface area contributed by atoms with Gasteiger partial charge in [0.25, 0.3) is 0 Å². The van der Waals surface area contributed by atoms with Crippen molar-refractivity contribution in [2.24, 2.45) is 0 Å². The number of carbonyl (C=O) groups is 1. The van der Waals surface area contributed by atoms with Crippen molar-refractivity contribution in [2.75, 3.05) is 20.1 Å². The Morgan fingerprint density at radius 1 is 1.07 bits per heavy atom. The largest absolute Gasteiger partial charge is 0.508 e. The molecule has 1 saturated heterocycles. The molecule has 3 aromatic carbocycles. The molecule has 1 amide bonds. The number of aryl methyl sites for hydroxylation is 1. The highest BCUT2D eigenvalue weighted by Crippen LogP contribution is 2.59. The Hall–Kier alpha value is -3.41. The van der Waals surface area contributed by atoms with Gasteiger partial charge in [0.15, 0.2) is 0 Å². The summed E-state index contributed by atoms with van der Waals surface area (Å²) in [4.78, 5) is 17.7. The van der Waals surface area contributed by atoms with Gasteiger partial charge in [-0.05, 0) is 92.5 Å². The van der Waals surface area contributed by atoms with E-state index < -0.39 is 11.0 Å². The third-order valence-electron chi connectivity index (χ3n) is 10.00. The quantitative estimate of drug-likeness (QED) is 0.422. The minimum Gasteiger partial charge on any atom is -0.508 e. The van der Waals surface area contributed by atoms with Gasteiger partial charge in [-0.3, -0.25) is 9.69 Å². The number of fused-ring (bicyclic) bond motifs is 1. The van der Waals surface area contributed by atoms with Crippen molar-refractivity contribution >= 4 is 12.0 Å². The average molecular weight is 537 g/mol. The number of aromatic hydroxyl groups is 1. The van der Waals surface area contributed by atoms with Gasteiger partial charge in [-0.2, -0.15) is 0 Å². The summed E-state index contributed by atoms with van der Waals surface area (Å²) >= 11 is 0. The number of phenolic OH excluding ortho intramolecular Hbond substituents is 1. The van der Waals surface area contributed by atoms with Crippen LogP contribution in [0.4, 0.5) is 0 Å². The van der Waals surface area contributed by atoms with Gasteiger partial charge < -0.3 is 15.1 Å². The van der Waals surface area contributed by atoms with Gasteiger partial charge in [0.1, 0.15) is 5.75 Å². The first-order valence-corrected chi connectivity index (χ1v) is 14.6. The van der Waals surface area contributed by atoms with E-state index in [0.29, 0.717) is 12.8 Å². The van der Waals surface area contributed by atoms with Gasteiger partial charge in [-0.25, -0.2) is 0 Å². The number of aliphatic hydroxyl groups is 1. The maximum atomic E-state index is 13.3. The summed E-state index contributed by atoms with van der Waals surface area (Å²) in [5.41, 5.74) is 4.39. The molecule has 0 aromatic heterocycles. The van der Waals surface area contributed by atoms with Crippen LogP contribution < -0.4 is 0 Å². The number of hydrogen-bond donors (Lipinski definition) is 2. The minimum absolute atomic E-state index is 0.0137. The summed E-state index contributed by atoms with van der Waals surface area (Å²) in [5, 5.41) is 23.2. The van der Waals surface area contributed by atoms with E-state index >= 15 is 0 Å². The van der Waals surface area contributed by atoms with E-state index in [1.807, 2.05) is 61.3 Å². The van der Waals surface area contributed by atoms with Crippen LogP contribution in [0.15, 0.2) is 78.9 Å². The lowest BCUT2D eigenvalue weighted by Gasteiger charge is -2.65. The number of likely N-dealkylation sites (N-methyl/N-ethyl adjacent to an activating group) is 1. The third-order valence-corrected chi connectivity index (χ3v) is 10.00. The lowest BCUT2D eigenvalue weighted by Crippen LogP contribution is -2.74. The highest BCUT2D eigenvalue weighted by molar-refractivity contribution is 5.91. The van der Waals surface area contributed by atoms with Crippen molar-refractivity contribution in [1.82, 2.24) is 9.80 Å². The molecule has 6 rings (SSSR count). The lowest BCUT2D eigenvalue weighted by atomic mass is 9.48. The van der Waals surface area contributed by atoms with Gasteiger partial charge in [-0.1, -0.05) is 66.2 Å². The summed E-state index contributed by atoms with van der Waals surface area (Å²) in [7, 11) is 1.90. The predicted octanol–water partition coefficient (Wildman–Crippen LogP) is 5.27. The number of piperidine rings is 1. The molecule has 1 unspecified atom stereocenters. The maximum Gasteiger partial charge on any atom is 0.246 e. The molecule has 4 atom stereocenters. The van der Waals surface area contributed by atoms with Crippen molar-refractivity contribution in [3.63, 3.8) is 0 Å². The zero-order valence-corrected chi connectivity index (χ0v) is 23.6. The zero-order chi connectivity index (χ0) is 27.9. The van der Waals surface area contributed by atoms with Crippen LogP contribution in [-0.2, 0) is 23.1 Å². The van der Waals surface area contributed by atoms with Crippen molar-refractivity contribution in [3.05, 3.63) is 107 Å². The van der Waals surface area contributed by atoms with Crippen molar-refractivity contribution in [1.29, 1.82) is 0 Å². The molecule has 1 heterocycles. The van der Waals surface area contributed by atoms with E-state index in [0.717, 1.165) is 55.5 Å². The second kappa shape index (κ2) is 10.5. The highest BCUT2D eigenvalue weighted by Gasteiger charge is 2.64. The summed E-state index contributed by atoms with van der Waals surface area (Å²) in [5.74, 6) is 0.227. The third kappa shape index (κ3) is 4.65. The normalized spacial score (nSPS) is 27.7. The molecule has 0 spiro atoms. The molecule has 2 fully saturated rings. The lowest BCUT2D eigenvalue weighted by molar-refractivity contribution is -0.176. The number of hydrogen-bond acceptors (Lipinski definition) is 4. The minimum atomic E-state index is -0.902. The van der Waals surface area contributed by atoms with Crippen LogP contribution in [0.3, 0.4) is 0 Å². The van der Waals surface area contributed by atoms with Gasteiger partial charge in [-0.15, -0.1) is 0 Å². The molecule has 2 bridgehead atoms. The van der Waals surface area contributed by atoms with Crippen LogP contribution in [0, 0.1) is 6.92 Å². The maximum absolute atomic E-state index is 13.3. The standard InChI is InChI=1S/C35H40N2O3/c1-25-7-6-10-27(21-25)11-14-33(39)36(2)29-15-17-35(40)32-22-28-12-13-30(38)23-31(28)34(35,24-29)18-20-37(32)19-16-26-8-4-3-5-9-26/h3-14,21,23,29,32,38,40H,15-20,22,24H2,1-2H3/b14-11+/t29?,32-,34-,35-/m1/s1. The molecule has 5 nitrogen and oxygen atoms in total. The second-order valence-corrected chi connectivity index (χ2v) is 12.2. The Morgan fingerprint density at radius 3 is 2.70 bits per heavy atom.